The summed E-state index contributed by atoms with van der Waals surface area (Å²) in [7, 11) is 0. The number of benzene rings is 1. The zero-order valence-electron chi connectivity index (χ0n) is 10.1. The molecule has 2 aromatic rings. The molecule has 0 radical (unpaired) electrons. The van der Waals surface area contributed by atoms with Crippen molar-refractivity contribution in [2.45, 2.75) is 6.18 Å². The van der Waals surface area contributed by atoms with Crippen LogP contribution in [0.2, 0.25) is 5.02 Å². The van der Waals surface area contributed by atoms with Crippen LogP contribution in [0.25, 0.3) is 0 Å². The van der Waals surface area contributed by atoms with E-state index in [0.29, 0.717) is 6.07 Å². The third-order valence-corrected chi connectivity index (χ3v) is 2.73. The van der Waals surface area contributed by atoms with Crippen LogP contribution in [0.15, 0.2) is 36.7 Å². The van der Waals surface area contributed by atoms with E-state index in [1.165, 1.54) is 24.5 Å². The summed E-state index contributed by atoms with van der Waals surface area (Å²) in [5.41, 5.74) is -2.13. The third-order valence-electron chi connectivity index (χ3n) is 2.41. The molecule has 110 valence electrons. The van der Waals surface area contributed by atoms with Gasteiger partial charge in [0.2, 0.25) is 5.75 Å². The number of aromatic nitrogens is 1. The average molecular weight is 319 g/mol. The van der Waals surface area contributed by atoms with Gasteiger partial charge in [-0.25, -0.2) is 0 Å². The van der Waals surface area contributed by atoms with Gasteiger partial charge in [-0.15, -0.1) is 0 Å². The minimum atomic E-state index is -4.80. The molecule has 0 N–H and O–H groups in total. The first kappa shape index (κ1) is 15.0. The maximum atomic E-state index is 12.7. The van der Waals surface area contributed by atoms with E-state index in [0.717, 1.165) is 6.07 Å². The van der Waals surface area contributed by atoms with Gasteiger partial charge in [-0.1, -0.05) is 11.6 Å². The zero-order chi connectivity index (χ0) is 15.6. The lowest BCUT2D eigenvalue weighted by Crippen LogP contribution is -2.07. The molecule has 0 spiro atoms. The van der Waals surface area contributed by atoms with Crippen molar-refractivity contribution in [3.05, 3.63) is 57.4 Å². The van der Waals surface area contributed by atoms with Gasteiger partial charge in [0, 0.05) is 18.3 Å². The second kappa shape index (κ2) is 5.57. The Hall–Kier alpha value is -2.35. The Balaban J connectivity index is 2.51. The van der Waals surface area contributed by atoms with E-state index in [1.807, 2.05) is 0 Å². The predicted molar refractivity (Wildman–Crippen MR) is 67.4 cm³/mol. The minimum Gasteiger partial charge on any atom is -0.448 e. The Morgan fingerprint density at radius 2 is 2.05 bits per heavy atom. The topological polar surface area (TPSA) is 65.3 Å². The van der Waals surface area contributed by atoms with Crippen LogP contribution in [-0.2, 0) is 6.18 Å². The molecule has 1 aromatic heterocycles. The molecule has 9 heteroatoms. The van der Waals surface area contributed by atoms with Crippen LogP contribution in [0.3, 0.4) is 0 Å². The van der Waals surface area contributed by atoms with Gasteiger partial charge in [-0.2, -0.15) is 13.2 Å². The molecule has 0 fully saturated rings. The quantitative estimate of drug-likeness (QED) is 0.619. The lowest BCUT2D eigenvalue weighted by atomic mass is 10.2. The molecule has 0 saturated heterocycles. The van der Waals surface area contributed by atoms with Crippen molar-refractivity contribution in [1.82, 2.24) is 4.98 Å². The average Bonchev–Trinajstić information content (AvgIpc) is 2.38. The summed E-state index contributed by atoms with van der Waals surface area (Å²) in [4.78, 5) is 13.7. The number of hydrogen-bond acceptors (Lipinski definition) is 4. The molecule has 5 nitrogen and oxygen atoms in total. The van der Waals surface area contributed by atoms with E-state index in [4.69, 9.17) is 16.3 Å². The van der Waals surface area contributed by atoms with Crippen molar-refractivity contribution < 1.29 is 22.8 Å². The van der Waals surface area contributed by atoms with Crippen molar-refractivity contribution in [2.24, 2.45) is 0 Å². The molecule has 21 heavy (non-hydrogen) atoms. The number of nitrogens with zero attached hydrogens (tertiary/aromatic N) is 2. The molecule has 0 atom stereocenters. The highest BCUT2D eigenvalue weighted by Gasteiger charge is 2.36. The van der Waals surface area contributed by atoms with Gasteiger partial charge in [0.25, 0.3) is 0 Å². The Bertz CT molecular complexity index is 677. The molecule has 0 unspecified atom stereocenters. The number of pyridine rings is 1. The molecular weight excluding hydrogens is 313 g/mol. The van der Waals surface area contributed by atoms with E-state index in [-0.39, 0.29) is 5.75 Å². The molecule has 1 aromatic carbocycles. The van der Waals surface area contributed by atoms with Crippen LogP contribution in [0, 0.1) is 10.1 Å². The Labute approximate surface area is 121 Å². The molecule has 0 aliphatic carbocycles. The van der Waals surface area contributed by atoms with Crippen molar-refractivity contribution in [3.63, 3.8) is 0 Å². The number of nitro groups is 1. The van der Waals surface area contributed by atoms with Crippen LogP contribution in [-0.4, -0.2) is 9.91 Å². The molecular formula is C12H6ClF3N2O3. The molecule has 0 aliphatic rings. The zero-order valence-corrected chi connectivity index (χ0v) is 10.9. The molecule has 2 rings (SSSR count). The van der Waals surface area contributed by atoms with E-state index < -0.39 is 33.1 Å². The van der Waals surface area contributed by atoms with Crippen molar-refractivity contribution >= 4 is 17.3 Å². The normalized spacial score (nSPS) is 11.2. The number of ether oxygens (including phenoxy) is 1. The van der Waals surface area contributed by atoms with Crippen LogP contribution >= 0.6 is 11.6 Å². The van der Waals surface area contributed by atoms with Crippen LogP contribution in [0.1, 0.15) is 5.56 Å². The van der Waals surface area contributed by atoms with Gasteiger partial charge in [-0.3, -0.25) is 15.1 Å². The van der Waals surface area contributed by atoms with Gasteiger partial charge in [-0.05, 0) is 12.1 Å². The van der Waals surface area contributed by atoms with Gasteiger partial charge in [0.1, 0.15) is 5.75 Å². The monoisotopic (exact) mass is 318 g/mol. The van der Waals surface area contributed by atoms with E-state index in [1.54, 1.807) is 0 Å². The fourth-order valence-corrected chi connectivity index (χ4v) is 1.78. The van der Waals surface area contributed by atoms with Crippen molar-refractivity contribution in [3.8, 4) is 11.5 Å². The minimum absolute atomic E-state index is 0.136. The van der Waals surface area contributed by atoms with Crippen molar-refractivity contribution in [2.75, 3.05) is 0 Å². The Morgan fingerprint density at radius 3 is 2.57 bits per heavy atom. The second-order valence-corrected chi connectivity index (χ2v) is 4.25. The summed E-state index contributed by atoms with van der Waals surface area (Å²) in [6.07, 6.45) is -2.09. The largest absolute Gasteiger partial charge is 0.448 e. The summed E-state index contributed by atoms with van der Waals surface area (Å²) >= 11 is 5.52. The van der Waals surface area contributed by atoms with Crippen LogP contribution in [0.5, 0.6) is 11.5 Å². The molecule has 1 heterocycles. The smallest absolute Gasteiger partial charge is 0.418 e. The van der Waals surface area contributed by atoms with Crippen molar-refractivity contribution in [1.29, 1.82) is 0 Å². The standard InChI is InChI=1S/C12H6ClF3N2O3/c13-9-5-11(21-7-2-1-3-17-6-7)10(18(19)20)4-8(9)12(14,15)16/h1-6H. The first-order valence-electron chi connectivity index (χ1n) is 5.42. The summed E-state index contributed by atoms with van der Waals surface area (Å²) < 4.78 is 43.2. The predicted octanol–water partition coefficient (Wildman–Crippen LogP) is 4.45. The number of rotatable bonds is 3. The first-order valence-corrected chi connectivity index (χ1v) is 5.80. The molecule has 0 saturated carbocycles. The maximum Gasteiger partial charge on any atom is 0.418 e. The van der Waals surface area contributed by atoms with E-state index in [2.05, 4.69) is 4.98 Å². The molecule has 0 bridgehead atoms. The van der Waals surface area contributed by atoms with Gasteiger partial charge in [0.15, 0.2) is 0 Å². The second-order valence-electron chi connectivity index (χ2n) is 3.85. The summed E-state index contributed by atoms with van der Waals surface area (Å²) in [6.45, 7) is 0. The fraction of sp³-hybridized carbons (Fsp3) is 0.0833. The number of alkyl halides is 3. The maximum absolute atomic E-state index is 12.7. The summed E-state index contributed by atoms with van der Waals surface area (Å²) in [5.74, 6) is -0.262. The summed E-state index contributed by atoms with van der Waals surface area (Å²) in [6, 6.07) is 4.05. The number of nitro benzene ring substituents is 1. The van der Waals surface area contributed by atoms with E-state index in [9.17, 15) is 23.3 Å². The Kier molecular flexibility index (Phi) is 3.99. The van der Waals surface area contributed by atoms with Gasteiger partial charge >= 0.3 is 11.9 Å². The highest BCUT2D eigenvalue weighted by molar-refractivity contribution is 6.31. The van der Waals surface area contributed by atoms with Gasteiger partial charge < -0.3 is 4.74 Å². The highest BCUT2D eigenvalue weighted by Crippen LogP contribution is 2.42. The lowest BCUT2D eigenvalue weighted by molar-refractivity contribution is -0.385. The number of hydrogen-bond donors (Lipinski definition) is 0. The fourth-order valence-electron chi connectivity index (χ4n) is 1.52. The van der Waals surface area contributed by atoms with Gasteiger partial charge in [0.05, 0.1) is 21.7 Å². The SMILES string of the molecule is O=[N+]([O-])c1cc(C(F)(F)F)c(Cl)cc1Oc1cccnc1. The third kappa shape index (κ3) is 3.40. The lowest BCUT2D eigenvalue weighted by Gasteiger charge is -2.11. The van der Waals surface area contributed by atoms with Crippen LogP contribution in [0.4, 0.5) is 18.9 Å². The van der Waals surface area contributed by atoms with E-state index >= 15 is 0 Å². The Morgan fingerprint density at radius 1 is 1.33 bits per heavy atom. The molecule has 0 aliphatic heterocycles. The summed E-state index contributed by atoms with van der Waals surface area (Å²) in [5, 5.41) is 10.2. The first-order chi connectivity index (χ1) is 9.79. The molecule has 0 amide bonds. The highest BCUT2D eigenvalue weighted by atomic mass is 35.5. The van der Waals surface area contributed by atoms with Crippen LogP contribution < -0.4 is 4.74 Å². The number of halogens is 4.